The van der Waals surface area contributed by atoms with Gasteiger partial charge in [-0.3, -0.25) is 4.79 Å². The second-order valence-electron chi connectivity index (χ2n) is 4.87. The summed E-state index contributed by atoms with van der Waals surface area (Å²) in [7, 11) is 0. The van der Waals surface area contributed by atoms with Crippen LogP contribution in [-0.2, 0) is 0 Å². The third-order valence-corrected chi connectivity index (χ3v) is 3.95. The molecular weight excluding hydrogens is 234 g/mol. The molecule has 3 rings (SSSR count). The second kappa shape index (κ2) is 4.19. The standard InChI is InChI=1S/C14H14ClNO/c15-12-5-3-10(4-6-12)14(17)16-13-8-9-1-2-11(13)7-9/h1-6,9,11,13H,7-8H2,(H,16,17). The van der Waals surface area contributed by atoms with Crippen molar-refractivity contribution in [3.63, 3.8) is 0 Å². The van der Waals surface area contributed by atoms with Gasteiger partial charge in [0.2, 0.25) is 0 Å². The summed E-state index contributed by atoms with van der Waals surface area (Å²) < 4.78 is 0. The molecule has 1 amide bonds. The smallest absolute Gasteiger partial charge is 0.251 e. The van der Waals surface area contributed by atoms with Gasteiger partial charge in [-0.1, -0.05) is 23.8 Å². The molecule has 88 valence electrons. The molecule has 3 atom stereocenters. The van der Waals surface area contributed by atoms with Crippen LogP contribution in [0.3, 0.4) is 0 Å². The molecule has 0 saturated heterocycles. The van der Waals surface area contributed by atoms with Crippen molar-refractivity contribution in [1.82, 2.24) is 5.32 Å². The van der Waals surface area contributed by atoms with E-state index in [-0.39, 0.29) is 5.91 Å². The van der Waals surface area contributed by atoms with Crippen molar-refractivity contribution in [2.45, 2.75) is 18.9 Å². The van der Waals surface area contributed by atoms with Crippen molar-refractivity contribution in [2.24, 2.45) is 11.8 Å². The minimum atomic E-state index is 0.00705. The first-order chi connectivity index (χ1) is 8.22. The fourth-order valence-corrected chi connectivity index (χ4v) is 2.93. The van der Waals surface area contributed by atoms with E-state index in [1.54, 1.807) is 24.3 Å². The van der Waals surface area contributed by atoms with Crippen LogP contribution in [0.25, 0.3) is 0 Å². The van der Waals surface area contributed by atoms with Gasteiger partial charge in [-0.25, -0.2) is 0 Å². The zero-order valence-electron chi connectivity index (χ0n) is 9.40. The van der Waals surface area contributed by atoms with E-state index in [1.165, 1.54) is 6.42 Å². The average molecular weight is 248 g/mol. The first-order valence-electron chi connectivity index (χ1n) is 5.97. The summed E-state index contributed by atoms with van der Waals surface area (Å²) in [6, 6.07) is 7.34. The number of amides is 1. The number of carbonyl (C=O) groups is 1. The number of rotatable bonds is 2. The van der Waals surface area contributed by atoms with Crippen LogP contribution in [-0.4, -0.2) is 11.9 Å². The minimum absolute atomic E-state index is 0.00705. The molecule has 1 saturated carbocycles. The molecule has 2 bridgehead atoms. The van der Waals surface area contributed by atoms with Gasteiger partial charge in [-0.15, -0.1) is 0 Å². The minimum Gasteiger partial charge on any atom is -0.349 e. The molecule has 0 heterocycles. The number of hydrogen-bond donors (Lipinski definition) is 1. The van der Waals surface area contributed by atoms with Crippen LogP contribution in [0.5, 0.6) is 0 Å². The maximum atomic E-state index is 12.0. The number of fused-ring (bicyclic) bond motifs is 2. The molecule has 3 heteroatoms. The second-order valence-corrected chi connectivity index (χ2v) is 5.30. The van der Waals surface area contributed by atoms with E-state index >= 15 is 0 Å². The lowest BCUT2D eigenvalue weighted by atomic mass is 10.0. The third-order valence-electron chi connectivity index (χ3n) is 3.70. The fourth-order valence-electron chi connectivity index (χ4n) is 2.80. The van der Waals surface area contributed by atoms with Crippen LogP contribution in [0.1, 0.15) is 23.2 Å². The predicted molar refractivity (Wildman–Crippen MR) is 68.1 cm³/mol. The lowest BCUT2D eigenvalue weighted by Gasteiger charge is -2.19. The summed E-state index contributed by atoms with van der Waals surface area (Å²) in [4.78, 5) is 12.0. The maximum absolute atomic E-state index is 12.0. The van der Waals surface area contributed by atoms with E-state index in [1.807, 2.05) is 0 Å². The number of benzene rings is 1. The van der Waals surface area contributed by atoms with E-state index in [4.69, 9.17) is 11.6 Å². The zero-order chi connectivity index (χ0) is 11.8. The maximum Gasteiger partial charge on any atom is 0.251 e. The van der Waals surface area contributed by atoms with Crippen molar-refractivity contribution in [3.8, 4) is 0 Å². The topological polar surface area (TPSA) is 29.1 Å². The van der Waals surface area contributed by atoms with Crippen molar-refractivity contribution in [1.29, 1.82) is 0 Å². The van der Waals surface area contributed by atoms with Gasteiger partial charge in [0, 0.05) is 16.6 Å². The molecule has 1 fully saturated rings. The molecule has 2 nitrogen and oxygen atoms in total. The monoisotopic (exact) mass is 247 g/mol. The molecule has 0 spiro atoms. The van der Waals surface area contributed by atoms with Gasteiger partial charge in [-0.2, -0.15) is 0 Å². The third kappa shape index (κ3) is 2.09. The summed E-state index contributed by atoms with van der Waals surface area (Å²) in [5.41, 5.74) is 0.682. The predicted octanol–water partition coefficient (Wildman–Crippen LogP) is 3.03. The first-order valence-corrected chi connectivity index (χ1v) is 6.35. The summed E-state index contributed by atoms with van der Waals surface area (Å²) in [6.07, 6.45) is 6.79. The van der Waals surface area contributed by atoms with Gasteiger partial charge < -0.3 is 5.32 Å². The highest BCUT2D eigenvalue weighted by Gasteiger charge is 2.36. The molecule has 2 aliphatic rings. The van der Waals surface area contributed by atoms with Crippen LogP contribution < -0.4 is 5.32 Å². The number of carbonyl (C=O) groups excluding carboxylic acids is 1. The number of nitrogens with one attached hydrogen (secondary N) is 1. The van der Waals surface area contributed by atoms with Gasteiger partial charge in [0.25, 0.3) is 5.91 Å². The van der Waals surface area contributed by atoms with E-state index in [9.17, 15) is 4.79 Å². The Bertz CT molecular complexity index is 466. The summed E-state index contributed by atoms with van der Waals surface area (Å²) in [6.45, 7) is 0. The van der Waals surface area contributed by atoms with Gasteiger partial charge in [0.05, 0.1) is 0 Å². The van der Waals surface area contributed by atoms with E-state index < -0.39 is 0 Å². The van der Waals surface area contributed by atoms with Crippen LogP contribution in [0.15, 0.2) is 36.4 Å². The summed E-state index contributed by atoms with van der Waals surface area (Å²) in [5.74, 6) is 1.22. The van der Waals surface area contributed by atoms with Crippen LogP contribution in [0.4, 0.5) is 0 Å². The Morgan fingerprint density at radius 1 is 1.18 bits per heavy atom. The summed E-state index contributed by atoms with van der Waals surface area (Å²) in [5, 5.41) is 3.77. The van der Waals surface area contributed by atoms with Gasteiger partial charge >= 0.3 is 0 Å². The Morgan fingerprint density at radius 2 is 1.94 bits per heavy atom. The Morgan fingerprint density at radius 3 is 2.53 bits per heavy atom. The average Bonchev–Trinajstić information content (AvgIpc) is 2.91. The molecule has 17 heavy (non-hydrogen) atoms. The highest BCUT2D eigenvalue weighted by Crippen LogP contribution is 2.39. The Hall–Kier alpha value is -1.28. The Kier molecular flexibility index (Phi) is 2.67. The van der Waals surface area contributed by atoms with Gasteiger partial charge in [0.15, 0.2) is 0 Å². The molecule has 0 aliphatic heterocycles. The summed E-state index contributed by atoms with van der Waals surface area (Å²) >= 11 is 5.80. The Labute approximate surface area is 106 Å². The Balaban J connectivity index is 1.68. The lowest BCUT2D eigenvalue weighted by Crippen LogP contribution is -2.37. The quantitative estimate of drug-likeness (QED) is 0.800. The first kappa shape index (κ1) is 10.8. The molecule has 0 aromatic heterocycles. The number of hydrogen-bond acceptors (Lipinski definition) is 1. The molecule has 3 unspecified atom stereocenters. The van der Waals surface area contributed by atoms with Gasteiger partial charge in [-0.05, 0) is 48.9 Å². The normalized spacial score (nSPS) is 29.6. The highest BCUT2D eigenvalue weighted by molar-refractivity contribution is 6.30. The van der Waals surface area contributed by atoms with Crippen LogP contribution >= 0.6 is 11.6 Å². The molecule has 1 aromatic carbocycles. The van der Waals surface area contributed by atoms with Crippen molar-refractivity contribution in [3.05, 3.63) is 47.0 Å². The highest BCUT2D eigenvalue weighted by atomic mass is 35.5. The van der Waals surface area contributed by atoms with Crippen LogP contribution in [0.2, 0.25) is 5.02 Å². The molecule has 0 radical (unpaired) electrons. The van der Waals surface area contributed by atoms with Gasteiger partial charge in [0.1, 0.15) is 0 Å². The zero-order valence-corrected chi connectivity index (χ0v) is 10.2. The molecule has 1 aromatic rings. The lowest BCUT2D eigenvalue weighted by molar-refractivity contribution is 0.0931. The number of halogens is 1. The SMILES string of the molecule is O=C(NC1CC2C=CC1C2)c1ccc(Cl)cc1. The van der Waals surface area contributed by atoms with E-state index in [2.05, 4.69) is 17.5 Å². The molecule has 2 aliphatic carbocycles. The number of allylic oxidation sites excluding steroid dienone is 1. The fraction of sp³-hybridized carbons (Fsp3) is 0.357. The largest absolute Gasteiger partial charge is 0.349 e. The van der Waals surface area contributed by atoms with Crippen molar-refractivity contribution >= 4 is 17.5 Å². The molecule has 1 N–H and O–H groups in total. The van der Waals surface area contributed by atoms with Crippen LogP contribution in [0, 0.1) is 11.8 Å². The van der Waals surface area contributed by atoms with E-state index in [0.29, 0.717) is 28.5 Å². The van der Waals surface area contributed by atoms with E-state index in [0.717, 1.165) is 6.42 Å². The van der Waals surface area contributed by atoms with Crippen molar-refractivity contribution < 1.29 is 4.79 Å². The molecular formula is C14H14ClNO. The van der Waals surface area contributed by atoms with Crippen molar-refractivity contribution in [2.75, 3.05) is 0 Å².